The van der Waals surface area contributed by atoms with Gasteiger partial charge in [-0.25, -0.2) is 0 Å². The summed E-state index contributed by atoms with van der Waals surface area (Å²) in [6.07, 6.45) is 1.41. The van der Waals surface area contributed by atoms with E-state index in [1.54, 1.807) is 0 Å². The molecule has 0 radical (unpaired) electrons. The van der Waals surface area contributed by atoms with E-state index in [-0.39, 0.29) is 6.10 Å². The molecule has 0 aliphatic carbocycles. The van der Waals surface area contributed by atoms with Gasteiger partial charge in [0, 0.05) is 6.54 Å². The maximum atomic E-state index is 5.71. The first-order valence-corrected chi connectivity index (χ1v) is 6.10. The summed E-state index contributed by atoms with van der Waals surface area (Å²) in [4.78, 5) is 0. The fraction of sp³-hybridized carbons (Fsp3) is 0.571. The molecule has 2 nitrogen and oxygen atoms in total. The molecule has 0 saturated carbocycles. The van der Waals surface area contributed by atoms with Crippen LogP contribution in [-0.4, -0.2) is 12.6 Å². The summed E-state index contributed by atoms with van der Waals surface area (Å²) in [5.74, 6) is 0.995. The molecule has 0 spiro atoms. The van der Waals surface area contributed by atoms with Crippen molar-refractivity contribution in [3.63, 3.8) is 0 Å². The fourth-order valence-corrected chi connectivity index (χ4v) is 1.62. The predicted molar refractivity (Wildman–Crippen MR) is 68.9 cm³/mol. The molecule has 0 amide bonds. The van der Waals surface area contributed by atoms with E-state index in [1.807, 2.05) is 0 Å². The average molecular weight is 221 g/mol. The van der Waals surface area contributed by atoms with Crippen molar-refractivity contribution in [3.05, 3.63) is 29.3 Å². The molecule has 1 aromatic carbocycles. The van der Waals surface area contributed by atoms with Gasteiger partial charge in [0.25, 0.3) is 0 Å². The van der Waals surface area contributed by atoms with Gasteiger partial charge in [0.05, 0.1) is 6.10 Å². The lowest BCUT2D eigenvalue weighted by atomic mass is 10.1. The maximum Gasteiger partial charge on any atom is 0.122 e. The molecule has 0 aliphatic heterocycles. The third kappa shape index (κ3) is 4.23. The van der Waals surface area contributed by atoms with Crippen LogP contribution in [0.3, 0.4) is 0 Å². The molecule has 0 bridgehead atoms. The smallest absolute Gasteiger partial charge is 0.122 e. The van der Waals surface area contributed by atoms with E-state index in [4.69, 9.17) is 4.74 Å². The summed E-state index contributed by atoms with van der Waals surface area (Å²) in [5.41, 5.74) is 2.53. The van der Waals surface area contributed by atoms with Gasteiger partial charge >= 0.3 is 0 Å². The van der Waals surface area contributed by atoms with Gasteiger partial charge in [0.2, 0.25) is 0 Å². The average Bonchev–Trinajstić information content (AvgIpc) is 2.22. The molecule has 0 unspecified atom stereocenters. The summed E-state index contributed by atoms with van der Waals surface area (Å²) >= 11 is 0. The van der Waals surface area contributed by atoms with Crippen LogP contribution < -0.4 is 10.1 Å². The molecule has 0 heterocycles. The molecule has 90 valence electrons. The highest BCUT2D eigenvalue weighted by Gasteiger charge is 2.02. The number of ether oxygens (including phenoxy) is 1. The van der Waals surface area contributed by atoms with Gasteiger partial charge in [-0.2, -0.15) is 0 Å². The Morgan fingerprint density at radius 3 is 2.62 bits per heavy atom. The molecule has 2 heteroatoms. The second-order valence-electron chi connectivity index (χ2n) is 4.44. The standard InChI is InChI=1S/C14H23NO/c1-5-8-15-10-13-6-7-14(12(4)9-13)16-11(2)3/h6-7,9,11,15H,5,8,10H2,1-4H3. The monoisotopic (exact) mass is 221 g/mol. The van der Waals surface area contributed by atoms with Crippen molar-refractivity contribution in [1.29, 1.82) is 0 Å². The number of hydrogen-bond acceptors (Lipinski definition) is 2. The van der Waals surface area contributed by atoms with Crippen LogP contribution in [0.5, 0.6) is 5.75 Å². The lowest BCUT2D eigenvalue weighted by Gasteiger charge is -2.13. The third-order valence-corrected chi connectivity index (χ3v) is 2.36. The molecule has 0 aromatic heterocycles. The van der Waals surface area contributed by atoms with E-state index in [0.717, 1.165) is 18.8 Å². The number of benzene rings is 1. The lowest BCUT2D eigenvalue weighted by Crippen LogP contribution is -2.14. The second kappa shape index (κ2) is 6.54. The van der Waals surface area contributed by atoms with Gasteiger partial charge in [-0.15, -0.1) is 0 Å². The molecule has 0 saturated heterocycles. The maximum absolute atomic E-state index is 5.71. The van der Waals surface area contributed by atoms with Crippen molar-refractivity contribution in [2.24, 2.45) is 0 Å². The van der Waals surface area contributed by atoms with Crippen LogP contribution in [0.25, 0.3) is 0 Å². The van der Waals surface area contributed by atoms with Gasteiger partial charge in [0.15, 0.2) is 0 Å². The van der Waals surface area contributed by atoms with E-state index < -0.39 is 0 Å². The normalized spacial score (nSPS) is 10.8. The molecule has 1 N–H and O–H groups in total. The Kier molecular flexibility index (Phi) is 5.33. The Bertz CT molecular complexity index is 321. The van der Waals surface area contributed by atoms with Crippen LogP contribution in [0.15, 0.2) is 18.2 Å². The molecule has 0 atom stereocenters. The SMILES string of the molecule is CCCNCc1ccc(OC(C)C)c(C)c1. The minimum absolute atomic E-state index is 0.239. The van der Waals surface area contributed by atoms with Crippen molar-refractivity contribution >= 4 is 0 Å². The van der Waals surface area contributed by atoms with Gasteiger partial charge in [-0.1, -0.05) is 19.1 Å². The summed E-state index contributed by atoms with van der Waals surface area (Å²) in [7, 11) is 0. The first-order valence-electron chi connectivity index (χ1n) is 6.10. The second-order valence-corrected chi connectivity index (χ2v) is 4.44. The Labute approximate surface area is 99.0 Å². The number of rotatable bonds is 6. The Balaban J connectivity index is 2.60. The summed E-state index contributed by atoms with van der Waals surface area (Å²) in [6, 6.07) is 6.39. The molecular weight excluding hydrogens is 198 g/mol. The quantitative estimate of drug-likeness (QED) is 0.744. The number of aryl methyl sites for hydroxylation is 1. The minimum atomic E-state index is 0.239. The zero-order valence-corrected chi connectivity index (χ0v) is 10.8. The van der Waals surface area contributed by atoms with Gasteiger partial charge < -0.3 is 10.1 Å². The summed E-state index contributed by atoms with van der Waals surface area (Å²) in [6.45, 7) is 10.4. The van der Waals surface area contributed by atoms with Crippen LogP contribution >= 0.6 is 0 Å². The minimum Gasteiger partial charge on any atom is -0.491 e. The Morgan fingerprint density at radius 1 is 1.31 bits per heavy atom. The zero-order chi connectivity index (χ0) is 12.0. The van der Waals surface area contributed by atoms with E-state index in [9.17, 15) is 0 Å². The summed E-state index contributed by atoms with van der Waals surface area (Å²) in [5, 5.41) is 3.40. The molecule has 16 heavy (non-hydrogen) atoms. The van der Waals surface area contributed by atoms with Crippen LogP contribution in [0.4, 0.5) is 0 Å². The van der Waals surface area contributed by atoms with Crippen LogP contribution in [-0.2, 0) is 6.54 Å². The molecule has 0 aliphatic rings. The van der Waals surface area contributed by atoms with Gasteiger partial charge in [0.1, 0.15) is 5.75 Å². The largest absolute Gasteiger partial charge is 0.491 e. The Morgan fingerprint density at radius 2 is 2.06 bits per heavy atom. The van der Waals surface area contributed by atoms with Gasteiger partial charge in [-0.05, 0) is 50.9 Å². The van der Waals surface area contributed by atoms with Crippen molar-refractivity contribution < 1.29 is 4.74 Å². The molecular formula is C14H23NO. The van der Waals surface area contributed by atoms with Crippen molar-refractivity contribution in [3.8, 4) is 5.75 Å². The first-order chi connectivity index (χ1) is 7.63. The predicted octanol–water partition coefficient (Wildman–Crippen LogP) is 3.28. The zero-order valence-electron chi connectivity index (χ0n) is 10.8. The topological polar surface area (TPSA) is 21.3 Å². The highest BCUT2D eigenvalue weighted by molar-refractivity contribution is 5.36. The van der Waals surface area contributed by atoms with Crippen molar-refractivity contribution in [2.75, 3.05) is 6.54 Å². The van der Waals surface area contributed by atoms with Crippen LogP contribution in [0.1, 0.15) is 38.3 Å². The molecule has 0 fully saturated rings. The lowest BCUT2D eigenvalue weighted by molar-refractivity contribution is 0.240. The highest BCUT2D eigenvalue weighted by Crippen LogP contribution is 2.20. The Hall–Kier alpha value is -1.02. The first kappa shape index (κ1) is 13.0. The number of hydrogen-bond donors (Lipinski definition) is 1. The van der Waals surface area contributed by atoms with E-state index >= 15 is 0 Å². The fourth-order valence-electron chi connectivity index (χ4n) is 1.62. The van der Waals surface area contributed by atoms with Crippen LogP contribution in [0.2, 0.25) is 0 Å². The van der Waals surface area contributed by atoms with E-state index in [2.05, 4.69) is 51.2 Å². The third-order valence-electron chi connectivity index (χ3n) is 2.36. The van der Waals surface area contributed by atoms with E-state index in [0.29, 0.717) is 0 Å². The molecule has 1 rings (SSSR count). The van der Waals surface area contributed by atoms with Crippen molar-refractivity contribution in [1.82, 2.24) is 5.32 Å². The summed E-state index contributed by atoms with van der Waals surface area (Å²) < 4.78 is 5.71. The van der Waals surface area contributed by atoms with Gasteiger partial charge in [-0.3, -0.25) is 0 Å². The van der Waals surface area contributed by atoms with E-state index in [1.165, 1.54) is 17.5 Å². The molecule has 1 aromatic rings. The highest BCUT2D eigenvalue weighted by atomic mass is 16.5. The van der Waals surface area contributed by atoms with Crippen molar-refractivity contribution in [2.45, 2.75) is 46.8 Å². The van der Waals surface area contributed by atoms with Crippen LogP contribution in [0, 0.1) is 6.92 Å². The number of nitrogens with one attached hydrogen (secondary N) is 1.